The van der Waals surface area contributed by atoms with Gasteiger partial charge >= 0.3 is 6.03 Å². The Kier molecular flexibility index (Phi) is 4.24. The van der Waals surface area contributed by atoms with E-state index in [-0.39, 0.29) is 17.6 Å². The minimum atomic E-state index is -0.248. The third-order valence-electron chi connectivity index (χ3n) is 4.48. The van der Waals surface area contributed by atoms with Crippen molar-refractivity contribution in [1.82, 2.24) is 10.3 Å². The average molecular weight is 316 g/mol. The van der Waals surface area contributed by atoms with Crippen molar-refractivity contribution < 1.29 is 9.63 Å². The fourth-order valence-corrected chi connectivity index (χ4v) is 3.06. The Balaban J connectivity index is 1.54. The van der Waals surface area contributed by atoms with Crippen LogP contribution in [0, 0.1) is 5.92 Å². The highest BCUT2D eigenvalue weighted by Gasteiger charge is 2.37. The van der Waals surface area contributed by atoms with Crippen LogP contribution in [0.15, 0.2) is 23.6 Å². The van der Waals surface area contributed by atoms with Crippen LogP contribution < -0.4 is 10.6 Å². The van der Waals surface area contributed by atoms with Crippen molar-refractivity contribution >= 4 is 17.4 Å². The maximum Gasteiger partial charge on any atom is 0.319 e. The highest BCUT2D eigenvalue weighted by atomic mass is 16.6. The molecule has 1 aromatic heterocycles. The molecule has 124 valence electrons. The summed E-state index contributed by atoms with van der Waals surface area (Å²) in [4.78, 5) is 21.7. The number of oxime groups is 1. The molecule has 2 amide bonds. The van der Waals surface area contributed by atoms with Gasteiger partial charge in [-0.1, -0.05) is 25.9 Å². The second kappa shape index (κ2) is 6.18. The molecule has 2 unspecified atom stereocenters. The van der Waals surface area contributed by atoms with Gasteiger partial charge in [0.2, 0.25) is 0 Å². The third kappa shape index (κ3) is 3.63. The second-order valence-electron chi connectivity index (χ2n) is 7.28. The summed E-state index contributed by atoms with van der Waals surface area (Å²) >= 11 is 0. The van der Waals surface area contributed by atoms with Gasteiger partial charge in [0.15, 0.2) is 0 Å². The molecular weight excluding hydrogens is 292 g/mol. The molecule has 1 aliphatic heterocycles. The number of pyridine rings is 1. The van der Waals surface area contributed by atoms with Gasteiger partial charge in [-0.3, -0.25) is 4.98 Å². The second-order valence-corrected chi connectivity index (χ2v) is 7.28. The van der Waals surface area contributed by atoms with E-state index in [1.54, 1.807) is 6.20 Å². The van der Waals surface area contributed by atoms with Crippen LogP contribution in [0.3, 0.4) is 0 Å². The van der Waals surface area contributed by atoms with Crippen molar-refractivity contribution in [3.63, 3.8) is 0 Å². The van der Waals surface area contributed by atoms with E-state index in [2.05, 4.69) is 41.5 Å². The molecule has 2 atom stereocenters. The largest absolute Gasteiger partial charge is 0.392 e. The number of amides is 2. The van der Waals surface area contributed by atoms with Crippen LogP contribution in [0.1, 0.15) is 45.6 Å². The summed E-state index contributed by atoms with van der Waals surface area (Å²) in [7, 11) is 0. The molecule has 1 saturated carbocycles. The molecule has 23 heavy (non-hydrogen) atoms. The van der Waals surface area contributed by atoms with E-state index >= 15 is 0 Å². The van der Waals surface area contributed by atoms with E-state index in [1.165, 1.54) is 6.42 Å². The van der Waals surface area contributed by atoms with Crippen molar-refractivity contribution in [2.75, 3.05) is 11.9 Å². The molecule has 0 radical (unpaired) electrons. The Bertz CT molecular complexity index is 621. The van der Waals surface area contributed by atoms with Crippen molar-refractivity contribution in [3.05, 3.63) is 24.0 Å². The highest BCUT2D eigenvalue weighted by Crippen LogP contribution is 2.33. The highest BCUT2D eigenvalue weighted by molar-refractivity contribution is 5.95. The molecule has 0 saturated heterocycles. The lowest BCUT2D eigenvalue weighted by Crippen LogP contribution is -2.35. The zero-order valence-electron chi connectivity index (χ0n) is 13.9. The van der Waals surface area contributed by atoms with Crippen LogP contribution in [-0.2, 0) is 10.3 Å². The Morgan fingerprint density at radius 1 is 1.35 bits per heavy atom. The van der Waals surface area contributed by atoms with Crippen LogP contribution >= 0.6 is 0 Å². The molecule has 1 fully saturated rings. The smallest absolute Gasteiger partial charge is 0.319 e. The van der Waals surface area contributed by atoms with E-state index in [0.717, 1.165) is 24.1 Å². The van der Waals surface area contributed by atoms with Gasteiger partial charge in [-0.25, -0.2) is 4.79 Å². The quantitative estimate of drug-likeness (QED) is 0.900. The summed E-state index contributed by atoms with van der Waals surface area (Å²) in [6.45, 7) is 6.78. The molecule has 1 aliphatic carbocycles. The number of carbonyl (C=O) groups excluding carboxylic acids is 1. The lowest BCUT2D eigenvalue weighted by molar-refractivity contribution is 0.0746. The molecule has 3 rings (SSSR count). The van der Waals surface area contributed by atoms with E-state index in [9.17, 15) is 4.79 Å². The molecule has 2 aliphatic rings. The first kappa shape index (κ1) is 15.8. The SMILES string of the molecule is CC(C)(C)c1cncc(NC(=O)NCC2=NOC3CCCC23)c1. The van der Waals surface area contributed by atoms with Crippen molar-refractivity contribution in [3.8, 4) is 0 Å². The summed E-state index contributed by atoms with van der Waals surface area (Å²) in [5, 5.41) is 9.79. The van der Waals surface area contributed by atoms with Crippen LogP contribution in [0.5, 0.6) is 0 Å². The number of urea groups is 1. The van der Waals surface area contributed by atoms with Crippen LogP contribution in [-0.4, -0.2) is 29.4 Å². The summed E-state index contributed by atoms with van der Waals surface area (Å²) in [6.07, 6.45) is 7.04. The summed E-state index contributed by atoms with van der Waals surface area (Å²) in [5.74, 6) is 0.376. The van der Waals surface area contributed by atoms with E-state index in [4.69, 9.17) is 4.84 Å². The van der Waals surface area contributed by atoms with E-state index in [0.29, 0.717) is 18.2 Å². The number of carbonyl (C=O) groups is 1. The van der Waals surface area contributed by atoms with Crippen molar-refractivity contribution in [2.45, 2.75) is 51.6 Å². The summed E-state index contributed by atoms with van der Waals surface area (Å²) in [5.41, 5.74) is 2.72. The minimum Gasteiger partial charge on any atom is -0.392 e. The molecule has 0 aromatic carbocycles. The van der Waals surface area contributed by atoms with E-state index < -0.39 is 0 Å². The lowest BCUT2D eigenvalue weighted by Gasteiger charge is -2.19. The Morgan fingerprint density at radius 3 is 2.96 bits per heavy atom. The standard InChI is InChI=1S/C17H24N4O2/c1-17(2,3)11-7-12(9-18-8-11)20-16(22)19-10-14-13-5-4-6-15(13)23-21-14/h7-9,13,15H,4-6,10H2,1-3H3,(H2,19,20,22). The number of hydrogen-bond donors (Lipinski definition) is 2. The van der Waals surface area contributed by atoms with Crippen molar-refractivity contribution in [1.29, 1.82) is 0 Å². The predicted octanol–water partition coefficient (Wildman–Crippen LogP) is 3.06. The molecule has 1 aromatic rings. The van der Waals surface area contributed by atoms with E-state index in [1.807, 2.05) is 12.3 Å². The maximum atomic E-state index is 12.1. The van der Waals surface area contributed by atoms with Gasteiger partial charge in [0, 0.05) is 12.1 Å². The van der Waals surface area contributed by atoms with Gasteiger partial charge in [-0.05, 0) is 36.3 Å². The topological polar surface area (TPSA) is 75.6 Å². The monoisotopic (exact) mass is 316 g/mol. The number of fused-ring (bicyclic) bond motifs is 1. The third-order valence-corrected chi connectivity index (χ3v) is 4.48. The number of rotatable bonds is 3. The van der Waals surface area contributed by atoms with Crippen LogP contribution in [0.25, 0.3) is 0 Å². The first-order valence-electron chi connectivity index (χ1n) is 8.16. The maximum absolute atomic E-state index is 12.1. The molecule has 2 heterocycles. The Morgan fingerprint density at radius 2 is 2.17 bits per heavy atom. The van der Waals surface area contributed by atoms with Gasteiger partial charge in [0.1, 0.15) is 6.10 Å². The zero-order valence-corrected chi connectivity index (χ0v) is 13.9. The number of aromatic nitrogens is 1. The Labute approximate surface area is 136 Å². The van der Waals surface area contributed by atoms with Gasteiger partial charge in [-0.15, -0.1) is 0 Å². The molecule has 0 spiro atoms. The van der Waals surface area contributed by atoms with Crippen LogP contribution in [0.4, 0.5) is 10.5 Å². The predicted molar refractivity (Wildman–Crippen MR) is 89.6 cm³/mol. The fraction of sp³-hybridized carbons (Fsp3) is 0.588. The molecule has 6 heteroatoms. The van der Waals surface area contributed by atoms with Crippen molar-refractivity contribution in [2.24, 2.45) is 11.1 Å². The summed E-state index contributed by atoms with van der Waals surface area (Å²) < 4.78 is 0. The normalized spacial score (nSPS) is 23.0. The summed E-state index contributed by atoms with van der Waals surface area (Å²) in [6, 6.07) is 1.71. The van der Waals surface area contributed by atoms with Gasteiger partial charge < -0.3 is 15.5 Å². The number of hydrogen-bond acceptors (Lipinski definition) is 4. The Hall–Kier alpha value is -2.11. The first-order valence-corrected chi connectivity index (χ1v) is 8.16. The average Bonchev–Trinajstić information content (AvgIpc) is 3.08. The fourth-order valence-electron chi connectivity index (χ4n) is 3.06. The van der Waals surface area contributed by atoms with Gasteiger partial charge in [0.05, 0.1) is 24.1 Å². The lowest BCUT2D eigenvalue weighted by atomic mass is 9.88. The molecular formula is C17H24N4O2. The minimum absolute atomic E-state index is 0.00539. The number of anilines is 1. The first-order chi connectivity index (χ1) is 10.9. The zero-order chi connectivity index (χ0) is 16.4. The number of nitrogens with zero attached hydrogens (tertiary/aromatic N) is 2. The van der Waals surface area contributed by atoms with Gasteiger partial charge in [0.25, 0.3) is 0 Å². The van der Waals surface area contributed by atoms with Crippen LogP contribution in [0.2, 0.25) is 0 Å². The van der Waals surface area contributed by atoms with Gasteiger partial charge in [-0.2, -0.15) is 0 Å². The molecule has 0 bridgehead atoms. The number of nitrogens with one attached hydrogen (secondary N) is 2. The molecule has 6 nitrogen and oxygen atoms in total. The molecule has 2 N–H and O–H groups in total.